The van der Waals surface area contributed by atoms with Crippen molar-refractivity contribution in [2.75, 3.05) is 13.2 Å². The first-order valence-electron chi connectivity index (χ1n) is 6.65. The fourth-order valence-electron chi connectivity index (χ4n) is 2.25. The monoisotopic (exact) mass is 273 g/mol. The topological polar surface area (TPSA) is 30.5 Å². The predicted molar refractivity (Wildman–Crippen MR) is 74.0 cm³/mol. The number of rotatable bonds is 4. The van der Waals surface area contributed by atoms with Gasteiger partial charge >= 0.3 is 0 Å². The summed E-state index contributed by atoms with van der Waals surface area (Å²) in [6.45, 7) is 1.47. The Morgan fingerprint density at radius 1 is 1.10 bits per heavy atom. The average Bonchev–Trinajstić information content (AvgIpc) is 3.01. The minimum absolute atomic E-state index is 0.192. The van der Waals surface area contributed by atoms with E-state index in [9.17, 15) is 4.39 Å². The van der Waals surface area contributed by atoms with E-state index in [-0.39, 0.29) is 18.1 Å². The van der Waals surface area contributed by atoms with Crippen molar-refractivity contribution < 1.29 is 13.9 Å². The molecule has 0 bridgehead atoms. The average molecular weight is 273 g/mol. The summed E-state index contributed by atoms with van der Waals surface area (Å²) in [5, 5.41) is 3.27. The molecule has 1 saturated heterocycles. The highest BCUT2D eigenvalue weighted by Gasteiger charge is 2.28. The van der Waals surface area contributed by atoms with E-state index in [2.05, 4.69) is 5.32 Å². The lowest BCUT2D eigenvalue weighted by atomic mass is 10.1. The summed E-state index contributed by atoms with van der Waals surface area (Å²) in [6.07, 6.45) is -0.452. The maximum absolute atomic E-state index is 13.0. The van der Waals surface area contributed by atoms with Gasteiger partial charge in [0.05, 0.1) is 6.61 Å². The van der Waals surface area contributed by atoms with Crippen LogP contribution in [0.3, 0.4) is 0 Å². The van der Waals surface area contributed by atoms with Gasteiger partial charge in [0.15, 0.2) is 6.10 Å². The van der Waals surface area contributed by atoms with Gasteiger partial charge in [0.25, 0.3) is 0 Å². The molecule has 2 aromatic rings. The molecule has 1 N–H and O–H groups in total. The minimum atomic E-state index is -0.274. The smallest absolute Gasteiger partial charge is 0.163 e. The maximum atomic E-state index is 13.0. The van der Waals surface area contributed by atoms with Crippen molar-refractivity contribution in [3.63, 3.8) is 0 Å². The number of hydrogen-bond donors (Lipinski definition) is 1. The van der Waals surface area contributed by atoms with E-state index in [0.29, 0.717) is 12.4 Å². The predicted octanol–water partition coefficient (Wildman–Crippen LogP) is 2.89. The molecule has 2 atom stereocenters. The van der Waals surface area contributed by atoms with Crippen LogP contribution >= 0.6 is 0 Å². The van der Waals surface area contributed by atoms with Crippen molar-refractivity contribution in [2.45, 2.75) is 12.3 Å². The molecule has 1 aliphatic rings. The molecule has 4 heteroatoms. The van der Waals surface area contributed by atoms with Gasteiger partial charge in [0.1, 0.15) is 17.8 Å². The van der Waals surface area contributed by atoms with Crippen molar-refractivity contribution in [2.24, 2.45) is 0 Å². The Labute approximate surface area is 117 Å². The van der Waals surface area contributed by atoms with Crippen molar-refractivity contribution >= 4 is 0 Å². The Bertz CT molecular complexity index is 538. The molecular weight excluding hydrogens is 257 g/mol. The van der Waals surface area contributed by atoms with Crippen LogP contribution in [0.2, 0.25) is 0 Å². The summed E-state index contributed by atoms with van der Waals surface area (Å²) in [4.78, 5) is 0. The second-order valence-electron chi connectivity index (χ2n) is 4.65. The highest BCUT2D eigenvalue weighted by Crippen LogP contribution is 2.26. The van der Waals surface area contributed by atoms with Crippen LogP contribution in [0.4, 0.5) is 4.39 Å². The van der Waals surface area contributed by atoms with E-state index in [1.807, 2.05) is 30.3 Å². The fourth-order valence-corrected chi connectivity index (χ4v) is 2.25. The van der Waals surface area contributed by atoms with Crippen LogP contribution in [0, 0.1) is 5.82 Å². The second-order valence-corrected chi connectivity index (χ2v) is 4.65. The van der Waals surface area contributed by atoms with E-state index in [0.717, 1.165) is 12.1 Å². The number of benzene rings is 2. The number of hydrogen-bond acceptors (Lipinski definition) is 3. The lowest BCUT2D eigenvalue weighted by molar-refractivity contribution is 0.00130. The summed E-state index contributed by atoms with van der Waals surface area (Å²) in [7, 11) is 0. The van der Waals surface area contributed by atoms with Gasteiger partial charge in [-0.25, -0.2) is 4.39 Å². The molecule has 1 fully saturated rings. The molecule has 1 unspecified atom stereocenters. The molecule has 1 aliphatic heterocycles. The number of nitrogens with one attached hydrogen (secondary N) is 1. The lowest BCUT2D eigenvalue weighted by Gasteiger charge is -2.24. The van der Waals surface area contributed by atoms with E-state index in [1.165, 1.54) is 12.1 Å². The Morgan fingerprint density at radius 2 is 1.85 bits per heavy atom. The summed E-state index contributed by atoms with van der Waals surface area (Å²) in [5.74, 6) is 0.349. The van der Waals surface area contributed by atoms with Gasteiger partial charge in [0.2, 0.25) is 0 Å². The van der Waals surface area contributed by atoms with Gasteiger partial charge < -0.3 is 9.47 Å². The van der Waals surface area contributed by atoms with Crippen LogP contribution < -0.4 is 10.1 Å². The van der Waals surface area contributed by atoms with Crippen LogP contribution in [0.5, 0.6) is 5.75 Å². The Balaban J connectivity index is 1.83. The molecule has 104 valence electrons. The van der Waals surface area contributed by atoms with Crippen molar-refractivity contribution in [3.8, 4) is 5.75 Å². The van der Waals surface area contributed by atoms with Crippen LogP contribution in [0.15, 0.2) is 54.6 Å². The lowest BCUT2D eigenvalue weighted by Crippen LogP contribution is -2.33. The van der Waals surface area contributed by atoms with E-state index >= 15 is 0 Å². The van der Waals surface area contributed by atoms with Crippen molar-refractivity contribution in [1.82, 2.24) is 5.32 Å². The zero-order chi connectivity index (χ0) is 13.8. The zero-order valence-corrected chi connectivity index (χ0v) is 11.0. The standard InChI is InChI=1S/C16H16FNO2/c17-13-6-8-14(9-7-13)20-15(16-18-10-11-19-16)12-4-2-1-3-5-12/h1-9,15-16,18H,10-11H2/t15?,16-/m1/s1. The highest BCUT2D eigenvalue weighted by atomic mass is 19.1. The quantitative estimate of drug-likeness (QED) is 0.929. The second kappa shape index (κ2) is 6.03. The van der Waals surface area contributed by atoms with Gasteiger partial charge in [-0.3, -0.25) is 5.32 Å². The summed E-state index contributed by atoms with van der Waals surface area (Å²) >= 11 is 0. The Hall–Kier alpha value is -1.91. The third-order valence-corrected chi connectivity index (χ3v) is 3.22. The van der Waals surface area contributed by atoms with Gasteiger partial charge in [-0.2, -0.15) is 0 Å². The fraction of sp³-hybridized carbons (Fsp3) is 0.250. The molecule has 20 heavy (non-hydrogen) atoms. The highest BCUT2D eigenvalue weighted by molar-refractivity contribution is 5.25. The summed E-state index contributed by atoms with van der Waals surface area (Å²) in [6, 6.07) is 15.9. The van der Waals surface area contributed by atoms with Crippen LogP contribution in [0.25, 0.3) is 0 Å². The molecule has 0 aromatic heterocycles. The normalized spacial score (nSPS) is 19.8. The molecule has 3 nitrogen and oxygen atoms in total. The van der Waals surface area contributed by atoms with Crippen LogP contribution in [-0.2, 0) is 4.74 Å². The van der Waals surface area contributed by atoms with Gasteiger partial charge in [-0.1, -0.05) is 30.3 Å². The first-order chi connectivity index (χ1) is 9.83. The molecule has 0 spiro atoms. The minimum Gasteiger partial charge on any atom is -0.482 e. The number of halogens is 1. The van der Waals surface area contributed by atoms with Crippen molar-refractivity contribution in [1.29, 1.82) is 0 Å². The molecule has 0 aliphatic carbocycles. The molecular formula is C16H16FNO2. The molecule has 2 aromatic carbocycles. The van der Waals surface area contributed by atoms with Gasteiger partial charge in [0, 0.05) is 6.54 Å². The Morgan fingerprint density at radius 3 is 2.50 bits per heavy atom. The van der Waals surface area contributed by atoms with E-state index in [4.69, 9.17) is 9.47 Å². The first kappa shape index (κ1) is 13.1. The van der Waals surface area contributed by atoms with Gasteiger partial charge in [-0.15, -0.1) is 0 Å². The number of ether oxygens (including phenoxy) is 2. The third-order valence-electron chi connectivity index (χ3n) is 3.22. The third kappa shape index (κ3) is 2.98. The molecule has 0 saturated carbocycles. The first-order valence-corrected chi connectivity index (χ1v) is 6.65. The zero-order valence-electron chi connectivity index (χ0n) is 11.0. The summed E-state index contributed by atoms with van der Waals surface area (Å²) in [5.41, 5.74) is 1.02. The maximum Gasteiger partial charge on any atom is 0.163 e. The molecule has 0 radical (unpaired) electrons. The van der Waals surface area contributed by atoms with Crippen LogP contribution in [-0.4, -0.2) is 19.4 Å². The summed E-state index contributed by atoms with van der Waals surface area (Å²) < 4.78 is 24.6. The van der Waals surface area contributed by atoms with Gasteiger partial charge in [-0.05, 0) is 29.8 Å². The Kier molecular flexibility index (Phi) is 3.95. The van der Waals surface area contributed by atoms with E-state index < -0.39 is 0 Å². The SMILES string of the molecule is Fc1ccc(OC(c2ccccc2)[C@@H]2NCCO2)cc1. The molecule has 3 rings (SSSR count). The van der Waals surface area contributed by atoms with Crippen LogP contribution in [0.1, 0.15) is 11.7 Å². The van der Waals surface area contributed by atoms with Crippen molar-refractivity contribution in [3.05, 3.63) is 66.0 Å². The van der Waals surface area contributed by atoms with E-state index in [1.54, 1.807) is 12.1 Å². The molecule has 1 heterocycles. The molecule has 0 amide bonds. The largest absolute Gasteiger partial charge is 0.482 e.